The van der Waals surface area contributed by atoms with E-state index in [-0.39, 0.29) is 5.56 Å². The third-order valence-corrected chi connectivity index (χ3v) is 1.95. The predicted molar refractivity (Wildman–Crippen MR) is 50.9 cm³/mol. The molecule has 72 valence electrons. The average Bonchev–Trinajstić information content (AvgIpc) is 2.56. The molecule has 0 bridgehead atoms. The third-order valence-electron chi connectivity index (χ3n) is 1.95. The van der Waals surface area contributed by atoms with Crippen molar-refractivity contribution in [1.82, 2.24) is 19.7 Å². The number of hydrogen-bond acceptors (Lipinski definition) is 3. The normalized spacial score (nSPS) is 10.4. The van der Waals surface area contributed by atoms with Crippen LogP contribution < -0.4 is 5.56 Å². The Kier molecular flexibility index (Phi) is 2.14. The van der Waals surface area contributed by atoms with Gasteiger partial charge in [0, 0.05) is 31.4 Å². The third kappa shape index (κ3) is 1.71. The van der Waals surface area contributed by atoms with E-state index >= 15 is 0 Å². The fraction of sp³-hybridized carbons (Fsp3) is 0.222. The summed E-state index contributed by atoms with van der Waals surface area (Å²) in [5.74, 6) is 0. The Hall–Kier alpha value is -1.91. The Labute approximate surface area is 80.4 Å². The zero-order valence-electron chi connectivity index (χ0n) is 7.77. The van der Waals surface area contributed by atoms with Gasteiger partial charge in [0.1, 0.15) is 0 Å². The van der Waals surface area contributed by atoms with E-state index in [1.807, 2.05) is 13.2 Å². The van der Waals surface area contributed by atoms with E-state index in [4.69, 9.17) is 0 Å². The van der Waals surface area contributed by atoms with Crippen molar-refractivity contribution in [3.63, 3.8) is 0 Å². The summed E-state index contributed by atoms with van der Waals surface area (Å²) in [6.45, 7) is 0. The molecule has 5 heteroatoms. The molecule has 2 rings (SSSR count). The second kappa shape index (κ2) is 3.45. The summed E-state index contributed by atoms with van der Waals surface area (Å²) in [6.07, 6.45) is 7.15. The fourth-order valence-electron chi connectivity index (χ4n) is 1.28. The number of aryl methyl sites for hydroxylation is 1. The molecule has 0 aliphatic carbocycles. The monoisotopic (exact) mass is 190 g/mol. The Morgan fingerprint density at radius 3 is 3.00 bits per heavy atom. The van der Waals surface area contributed by atoms with Crippen LogP contribution >= 0.6 is 0 Å². The van der Waals surface area contributed by atoms with Gasteiger partial charge >= 0.3 is 0 Å². The summed E-state index contributed by atoms with van der Waals surface area (Å²) in [7, 11) is 1.84. The van der Waals surface area contributed by atoms with Crippen molar-refractivity contribution >= 4 is 0 Å². The quantitative estimate of drug-likeness (QED) is 0.730. The van der Waals surface area contributed by atoms with Crippen molar-refractivity contribution in [3.05, 3.63) is 46.4 Å². The van der Waals surface area contributed by atoms with Gasteiger partial charge in [0.2, 0.25) is 0 Å². The lowest BCUT2D eigenvalue weighted by Gasteiger charge is -1.94. The molecule has 0 fully saturated rings. The fourth-order valence-corrected chi connectivity index (χ4v) is 1.28. The predicted octanol–water partition coefficient (Wildman–Crippen LogP) is 0.0942. The summed E-state index contributed by atoms with van der Waals surface area (Å²) in [5, 5.41) is 4.03. The first-order valence-corrected chi connectivity index (χ1v) is 4.25. The van der Waals surface area contributed by atoms with Crippen molar-refractivity contribution in [3.8, 4) is 0 Å². The molecule has 0 spiro atoms. The Morgan fingerprint density at radius 2 is 2.36 bits per heavy atom. The van der Waals surface area contributed by atoms with E-state index in [0.717, 1.165) is 5.56 Å². The molecule has 0 amide bonds. The highest BCUT2D eigenvalue weighted by atomic mass is 16.1. The minimum Gasteiger partial charge on any atom is -0.313 e. The minimum atomic E-state index is -0.0937. The highest BCUT2D eigenvalue weighted by molar-refractivity contribution is 5.17. The molecule has 0 aromatic carbocycles. The molecule has 0 aliphatic rings. The minimum absolute atomic E-state index is 0.0937. The zero-order chi connectivity index (χ0) is 9.97. The standard InChI is InChI=1S/C9H10N4O/c1-13-5-7(3-12-13)2-8-4-10-6-11-9(8)14/h3-6H,2H2,1H3,(H,10,11,14). The molecule has 0 radical (unpaired) electrons. The lowest BCUT2D eigenvalue weighted by Crippen LogP contribution is -2.12. The van der Waals surface area contributed by atoms with Crippen LogP contribution in [0.25, 0.3) is 0 Å². The van der Waals surface area contributed by atoms with Crippen LogP contribution in [-0.4, -0.2) is 19.7 Å². The maximum Gasteiger partial charge on any atom is 0.254 e. The Bertz CT molecular complexity index is 485. The van der Waals surface area contributed by atoms with Gasteiger partial charge in [-0.25, -0.2) is 4.98 Å². The van der Waals surface area contributed by atoms with Gasteiger partial charge in [0.25, 0.3) is 5.56 Å². The van der Waals surface area contributed by atoms with E-state index < -0.39 is 0 Å². The smallest absolute Gasteiger partial charge is 0.254 e. The maximum absolute atomic E-state index is 11.3. The van der Waals surface area contributed by atoms with Crippen molar-refractivity contribution in [2.45, 2.75) is 6.42 Å². The Balaban J connectivity index is 2.27. The highest BCUT2D eigenvalue weighted by Crippen LogP contribution is 2.02. The summed E-state index contributed by atoms with van der Waals surface area (Å²) < 4.78 is 1.71. The lowest BCUT2D eigenvalue weighted by molar-refractivity contribution is 0.767. The number of nitrogens with one attached hydrogen (secondary N) is 1. The lowest BCUT2D eigenvalue weighted by atomic mass is 10.1. The van der Waals surface area contributed by atoms with Gasteiger partial charge in [-0.15, -0.1) is 0 Å². The van der Waals surface area contributed by atoms with Crippen molar-refractivity contribution < 1.29 is 0 Å². The molecule has 5 nitrogen and oxygen atoms in total. The molecule has 0 aliphatic heterocycles. The Morgan fingerprint density at radius 1 is 1.50 bits per heavy atom. The van der Waals surface area contributed by atoms with Crippen LogP contribution in [0.2, 0.25) is 0 Å². The molecule has 0 saturated carbocycles. The van der Waals surface area contributed by atoms with Crippen LogP contribution in [0.3, 0.4) is 0 Å². The van der Waals surface area contributed by atoms with Crippen molar-refractivity contribution in [1.29, 1.82) is 0 Å². The van der Waals surface area contributed by atoms with Gasteiger partial charge in [-0.05, 0) is 5.56 Å². The largest absolute Gasteiger partial charge is 0.313 e. The van der Waals surface area contributed by atoms with E-state index in [1.54, 1.807) is 17.1 Å². The molecule has 14 heavy (non-hydrogen) atoms. The van der Waals surface area contributed by atoms with Crippen LogP contribution in [0.5, 0.6) is 0 Å². The van der Waals surface area contributed by atoms with E-state index in [9.17, 15) is 4.79 Å². The molecule has 1 N–H and O–H groups in total. The van der Waals surface area contributed by atoms with Crippen LogP contribution in [0.15, 0.2) is 29.7 Å². The first kappa shape index (κ1) is 8.68. The number of rotatable bonds is 2. The van der Waals surface area contributed by atoms with Crippen LogP contribution in [-0.2, 0) is 13.5 Å². The average molecular weight is 190 g/mol. The van der Waals surface area contributed by atoms with Gasteiger partial charge in [-0.3, -0.25) is 9.48 Å². The molecule has 2 aromatic heterocycles. The summed E-state index contributed by atoms with van der Waals surface area (Å²) >= 11 is 0. The van der Waals surface area contributed by atoms with E-state index in [1.165, 1.54) is 6.33 Å². The van der Waals surface area contributed by atoms with Gasteiger partial charge in [-0.1, -0.05) is 0 Å². The number of aromatic amines is 1. The molecule has 2 aromatic rings. The number of nitrogens with zero attached hydrogens (tertiary/aromatic N) is 3. The molecule has 2 heterocycles. The van der Waals surface area contributed by atoms with Crippen LogP contribution in [0, 0.1) is 0 Å². The van der Waals surface area contributed by atoms with Crippen molar-refractivity contribution in [2.24, 2.45) is 7.05 Å². The summed E-state index contributed by atoms with van der Waals surface area (Å²) in [5.41, 5.74) is 1.57. The molecule has 0 saturated heterocycles. The first-order chi connectivity index (χ1) is 6.75. The summed E-state index contributed by atoms with van der Waals surface area (Å²) in [6, 6.07) is 0. The van der Waals surface area contributed by atoms with E-state index in [2.05, 4.69) is 15.1 Å². The van der Waals surface area contributed by atoms with Gasteiger partial charge in [0.05, 0.1) is 12.5 Å². The summed E-state index contributed by atoms with van der Waals surface area (Å²) in [4.78, 5) is 17.7. The van der Waals surface area contributed by atoms with Crippen molar-refractivity contribution in [2.75, 3.05) is 0 Å². The molecular formula is C9H10N4O. The molecular weight excluding hydrogens is 180 g/mol. The van der Waals surface area contributed by atoms with Gasteiger partial charge in [-0.2, -0.15) is 5.10 Å². The molecule has 0 atom stereocenters. The number of hydrogen-bond donors (Lipinski definition) is 1. The topological polar surface area (TPSA) is 63.6 Å². The second-order valence-corrected chi connectivity index (χ2v) is 3.10. The highest BCUT2D eigenvalue weighted by Gasteiger charge is 2.02. The molecule has 0 unspecified atom stereocenters. The van der Waals surface area contributed by atoms with Gasteiger partial charge in [0.15, 0.2) is 0 Å². The van der Waals surface area contributed by atoms with Gasteiger partial charge < -0.3 is 4.98 Å². The first-order valence-electron chi connectivity index (χ1n) is 4.25. The van der Waals surface area contributed by atoms with Crippen LogP contribution in [0.1, 0.15) is 11.1 Å². The van der Waals surface area contributed by atoms with Crippen LogP contribution in [0.4, 0.5) is 0 Å². The second-order valence-electron chi connectivity index (χ2n) is 3.10. The number of aromatic nitrogens is 4. The SMILES string of the molecule is Cn1cc(Cc2cnc[nH]c2=O)cn1. The van der Waals surface area contributed by atoms with E-state index in [0.29, 0.717) is 12.0 Å². The number of H-pyrrole nitrogens is 1. The maximum atomic E-state index is 11.3. The zero-order valence-corrected chi connectivity index (χ0v) is 7.77.